The van der Waals surface area contributed by atoms with Gasteiger partial charge < -0.3 is 14.8 Å². The van der Waals surface area contributed by atoms with Crippen LogP contribution in [-0.2, 0) is 16.1 Å². The molecule has 104 valence electrons. The smallest absolute Gasteiger partial charge is 0.307 e. The number of likely N-dealkylation sites (tertiary alicyclic amines) is 1. The van der Waals surface area contributed by atoms with Crippen LogP contribution in [0.2, 0.25) is 0 Å². The molecule has 6 heteroatoms. The number of carboxylic acids is 1. The molecule has 1 amide bonds. The molecule has 0 radical (unpaired) electrons. The summed E-state index contributed by atoms with van der Waals surface area (Å²) < 4.78 is 5.13. The van der Waals surface area contributed by atoms with Crippen molar-refractivity contribution in [2.45, 2.75) is 25.9 Å². The van der Waals surface area contributed by atoms with Crippen molar-refractivity contribution in [2.24, 2.45) is 5.92 Å². The van der Waals surface area contributed by atoms with Gasteiger partial charge in [-0.15, -0.1) is 0 Å². The Balaban J connectivity index is 1.81. The number of carbonyl (C=O) groups is 2. The molecule has 2 atom stereocenters. The van der Waals surface area contributed by atoms with Crippen LogP contribution >= 0.6 is 0 Å². The molecule has 1 aliphatic rings. The highest BCUT2D eigenvalue weighted by molar-refractivity contribution is 5.81. The van der Waals surface area contributed by atoms with E-state index in [1.807, 2.05) is 4.90 Å². The standard InChI is InChI=1S/C13H18N2O4/c1-9(15-5-4-10(8-15)13(17)18)12(16)14-7-11-3-2-6-19-11/h2-3,6,9-10H,4-5,7-8H2,1H3,(H,14,16)(H,17,18). The Hall–Kier alpha value is -1.82. The van der Waals surface area contributed by atoms with Crippen LogP contribution in [-0.4, -0.2) is 41.0 Å². The lowest BCUT2D eigenvalue weighted by Gasteiger charge is -2.22. The van der Waals surface area contributed by atoms with E-state index in [1.54, 1.807) is 25.3 Å². The maximum absolute atomic E-state index is 12.0. The minimum Gasteiger partial charge on any atom is -0.481 e. The molecule has 1 aliphatic heterocycles. The number of amides is 1. The number of nitrogens with one attached hydrogen (secondary N) is 1. The minimum atomic E-state index is -0.786. The molecule has 2 N–H and O–H groups in total. The lowest BCUT2D eigenvalue weighted by Crippen LogP contribution is -2.44. The fourth-order valence-corrected chi connectivity index (χ4v) is 2.24. The Morgan fingerprint density at radius 2 is 2.42 bits per heavy atom. The average molecular weight is 266 g/mol. The maximum Gasteiger partial charge on any atom is 0.307 e. The summed E-state index contributed by atoms with van der Waals surface area (Å²) in [5, 5.41) is 11.7. The van der Waals surface area contributed by atoms with E-state index < -0.39 is 5.97 Å². The van der Waals surface area contributed by atoms with Crippen LogP contribution < -0.4 is 5.32 Å². The summed E-state index contributed by atoms with van der Waals surface area (Å²) in [6, 6.07) is 3.24. The number of carboxylic acid groups (broad SMARTS) is 1. The normalized spacial score (nSPS) is 21.2. The highest BCUT2D eigenvalue weighted by atomic mass is 16.4. The van der Waals surface area contributed by atoms with Crippen LogP contribution in [0.15, 0.2) is 22.8 Å². The fraction of sp³-hybridized carbons (Fsp3) is 0.538. The van der Waals surface area contributed by atoms with Crippen molar-refractivity contribution in [1.29, 1.82) is 0 Å². The van der Waals surface area contributed by atoms with Gasteiger partial charge in [-0.2, -0.15) is 0 Å². The molecular weight excluding hydrogens is 248 g/mol. The molecule has 0 spiro atoms. The van der Waals surface area contributed by atoms with Crippen LogP contribution in [0.1, 0.15) is 19.1 Å². The van der Waals surface area contributed by atoms with Gasteiger partial charge in [0.05, 0.1) is 24.8 Å². The largest absolute Gasteiger partial charge is 0.481 e. The van der Waals surface area contributed by atoms with Gasteiger partial charge in [0.25, 0.3) is 0 Å². The number of hydrogen-bond donors (Lipinski definition) is 2. The molecule has 19 heavy (non-hydrogen) atoms. The molecule has 6 nitrogen and oxygen atoms in total. The molecule has 1 aromatic heterocycles. The van der Waals surface area contributed by atoms with E-state index in [1.165, 1.54) is 0 Å². The summed E-state index contributed by atoms with van der Waals surface area (Å²) in [6.45, 7) is 3.23. The Morgan fingerprint density at radius 1 is 1.63 bits per heavy atom. The molecule has 2 heterocycles. The van der Waals surface area contributed by atoms with Crippen LogP contribution in [0.4, 0.5) is 0 Å². The Bertz CT molecular complexity index is 444. The topological polar surface area (TPSA) is 82.8 Å². The molecule has 0 aromatic carbocycles. The number of aliphatic carboxylic acids is 1. The zero-order valence-corrected chi connectivity index (χ0v) is 10.8. The highest BCUT2D eigenvalue weighted by Crippen LogP contribution is 2.18. The van der Waals surface area contributed by atoms with Gasteiger partial charge in [-0.3, -0.25) is 14.5 Å². The number of carbonyl (C=O) groups excluding carboxylic acids is 1. The molecule has 1 fully saturated rings. The first-order valence-electron chi connectivity index (χ1n) is 6.35. The van der Waals surface area contributed by atoms with Crippen LogP contribution in [0.25, 0.3) is 0 Å². The highest BCUT2D eigenvalue weighted by Gasteiger charge is 2.32. The van der Waals surface area contributed by atoms with E-state index in [-0.39, 0.29) is 17.9 Å². The van der Waals surface area contributed by atoms with E-state index >= 15 is 0 Å². The second-order valence-corrected chi connectivity index (χ2v) is 4.79. The van der Waals surface area contributed by atoms with Gasteiger partial charge in [0.2, 0.25) is 5.91 Å². The van der Waals surface area contributed by atoms with E-state index in [9.17, 15) is 9.59 Å². The zero-order valence-electron chi connectivity index (χ0n) is 10.8. The number of nitrogens with zero attached hydrogens (tertiary/aromatic N) is 1. The predicted octanol–water partition coefficient (Wildman–Crippen LogP) is 0.691. The van der Waals surface area contributed by atoms with Crippen LogP contribution in [0.3, 0.4) is 0 Å². The van der Waals surface area contributed by atoms with Gasteiger partial charge in [0.1, 0.15) is 5.76 Å². The third-order valence-electron chi connectivity index (χ3n) is 3.51. The Morgan fingerprint density at radius 3 is 3.00 bits per heavy atom. The molecule has 0 aliphatic carbocycles. The van der Waals surface area contributed by atoms with Crippen molar-refractivity contribution in [1.82, 2.24) is 10.2 Å². The summed E-state index contributed by atoms with van der Waals surface area (Å²) in [5.74, 6) is -0.557. The first kappa shape index (κ1) is 13.6. The third kappa shape index (κ3) is 3.35. The van der Waals surface area contributed by atoms with Gasteiger partial charge in [-0.05, 0) is 32.0 Å². The Kier molecular flexibility index (Phi) is 4.21. The van der Waals surface area contributed by atoms with E-state index in [0.29, 0.717) is 31.8 Å². The minimum absolute atomic E-state index is 0.109. The Labute approximate surface area is 111 Å². The fourth-order valence-electron chi connectivity index (χ4n) is 2.24. The van der Waals surface area contributed by atoms with E-state index in [4.69, 9.17) is 9.52 Å². The van der Waals surface area contributed by atoms with Crippen LogP contribution in [0, 0.1) is 5.92 Å². The second kappa shape index (κ2) is 5.88. The second-order valence-electron chi connectivity index (χ2n) is 4.79. The first-order chi connectivity index (χ1) is 9.08. The van der Waals surface area contributed by atoms with Crippen molar-refractivity contribution < 1.29 is 19.1 Å². The first-order valence-corrected chi connectivity index (χ1v) is 6.35. The third-order valence-corrected chi connectivity index (χ3v) is 3.51. The summed E-state index contributed by atoms with van der Waals surface area (Å²) >= 11 is 0. The molecule has 2 rings (SSSR count). The molecule has 2 unspecified atom stereocenters. The van der Waals surface area contributed by atoms with Gasteiger partial charge in [0.15, 0.2) is 0 Å². The van der Waals surface area contributed by atoms with E-state index in [2.05, 4.69) is 5.32 Å². The van der Waals surface area contributed by atoms with E-state index in [0.717, 1.165) is 0 Å². The summed E-state index contributed by atoms with van der Waals surface area (Å²) in [7, 11) is 0. The lowest BCUT2D eigenvalue weighted by atomic mass is 10.1. The van der Waals surface area contributed by atoms with Gasteiger partial charge in [0, 0.05) is 6.54 Å². The zero-order chi connectivity index (χ0) is 13.8. The van der Waals surface area contributed by atoms with Crippen molar-refractivity contribution in [3.63, 3.8) is 0 Å². The van der Waals surface area contributed by atoms with Gasteiger partial charge in [-0.1, -0.05) is 0 Å². The molecule has 0 bridgehead atoms. The number of rotatable bonds is 5. The van der Waals surface area contributed by atoms with Crippen molar-refractivity contribution in [2.75, 3.05) is 13.1 Å². The monoisotopic (exact) mass is 266 g/mol. The van der Waals surface area contributed by atoms with Crippen molar-refractivity contribution >= 4 is 11.9 Å². The summed E-state index contributed by atoms with van der Waals surface area (Å²) in [5.41, 5.74) is 0. The molecule has 0 saturated carbocycles. The average Bonchev–Trinajstić information content (AvgIpc) is 3.05. The maximum atomic E-state index is 12.0. The number of furan rings is 1. The van der Waals surface area contributed by atoms with Gasteiger partial charge >= 0.3 is 5.97 Å². The van der Waals surface area contributed by atoms with Crippen molar-refractivity contribution in [3.05, 3.63) is 24.2 Å². The lowest BCUT2D eigenvalue weighted by molar-refractivity contribution is -0.141. The molecule has 1 aromatic rings. The summed E-state index contributed by atoms with van der Waals surface area (Å²) in [4.78, 5) is 24.7. The van der Waals surface area contributed by atoms with Gasteiger partial charge in [-0.25, -0.2) is 0 Å². The van der Waals surface area contributed by atoms with Crippen LogP contribution in [0.5, 0.6) is 0 Å². The quantitative estimate of drug-likeness (QED) is 0.819. The van der Waals surface area contributed by atoms with Crippen molar-refractivity contribution in [3.8, 4) is 0 Å². The number of hydrogen-bond acceptors (Lipinski definition) is 4. The summed E-state index contributed by atoms with van der Waals surface area (Å²) in [6.07, 6.45) is 2.16. The predicted molar refractivity (Wildman–Crippen MR) is 67.3 cm³/mol. The molecular formula is C13H18N2O4. The molecule has 1 saturated heterocycles. The SMILES string of the molecule is CC(C(=O)NCc1ccco1)N1CCC(C(=O)O)C1.